The molecule has 0 amide bonds. The lowest BCUT2D eigenvalue weighted by Crippen LogP contribution is -2.07. The zero-order valence-electron chi connectivity index (χ0n) is 15.8. The second-order valence-electron chi connectivity index (χ2n) is 6.47. The van der Waals surface area contributed by atoms with E-state index in [0.717, 1.165) is 34.6 Å². The van der Waals surface area contributed by atoms with E-state index in [1.54, 1.807) is 11.8 Å². The molecule has 0 atom stereocenters. The number of thioether (sulfide) groups is 1. The van der Waals surface area contributed by atoms with Crippen molar-refractivity contribution >= 4 is 11.8 Å². The smallest absolute Gasteiger partial charge is 0.191 e. The Hall–Kier alpha value is -2.27. The predicted molar refractivity (Wildman–Crippen MR) is 107 cm³/mol. The van der Waals surface area contributed by atoms with Gasteiger partial charge in [-0.3, -0.25) is 0 Å². The first-order valence-corrected chi connectivity index (χ1v) is 9.86. The van der Waals surface area contributed by atoms with Gasteiger partial charge in [0.05, 0.1) is 0 Å². The minimum absolute atomic E-state index is 0.426. The molecule has 1 aromatic heterocycles. The van der Waals surface area contributed by atoms with E-state index in [1.807, 2.05) is 6.07 Å². The minimum atomic E-state index is 0.426. The molecule has 0 aliphatic carbocycles. The molecule has 26 heavy (non-hydrogen) atoms. The normalized spacial score (nSPS) is 10.9. The quantitative estimate of drug-likeness (QED) is 0.545. The highest BCUT2D eigenvalue weighted by atomic mass is 32.2. The lowest BCUT2D eigenvalue weighted by molar-refractivity contribution is 0.286. The molecule has 1 heterocycles. The zero-order chi connectivity index (χ0) is 18.5. The fourth-order valence-electron chi connectivity index (χ4n) is 2.79. The molecule has 3 rings (SSSR count). The number of aromatic nitrogens is 3. The van der Waals surface area contributed by atoms with E-state index in [2.05, 4.69) is 78.9 Å². The van der Waals surface area contributed by atoms with E-state index in [-0.39, 0.29) is 0 Å². The van der Waals surface area contributed by atoms with Gasteiger partial charge in [-0.1, -0.05) is 59.3 Å². The fraction of sp³-hybridized carbons (Fsp3) is 0.333. The van der Waals surface area contributed by atoms with Crippen LogP contribution in [0.2, 0.25) is 0 Å². The van der Waals surface area contributed by atoms with Crippen molar-refractivity contribution in [2.75, 3.05) is 0 Å². The van der Waals surface area contributed by atoms with Crippen molar-refractivity contribution in [2.24, 2.45) is 0 Å². The summed E-state index contributed by atoms with van der Waals surface area (Å²) in [6.07, 6.45) is 0. The Kier molecular flexibility index (Phi) is 5.99. The van der Waals surface area contributed by atoms with E-state index in [0.29, 0.717) is 6.61 Å². The number of benzene rings is 2. The summed E-state index contributed by atoms with van der Waals surface area (Å²) in [6.45, 7) is 9.62. The summed E-state index contributed by atoms with van der Waals surface area (Å²) >= 11 is 1.71. The van der Waals surface area contributed by atoms with E-state index in [4.69, 9.17) is 4.74 Å². The molecular weight excluding hydrogens is 342 g/mol. The molecule has 2 aromatic carbocycles. The number of hydrogen-bond acceptors (Lipinski definition) is 4. The first-order valence-electron chi connectivity index (χ1n) is 8.87. The molecule has 0 aliphatic rings. The number of aryl methyl sites for hydroxylation is 3. The molecule has 0 saturated carbocycles. The van der Waals surface area contributed by atoms with Crippen LogP contribution in [0.15, 0.2) is 47.6 Å². The highest BCUT2D eigenvalue weighted by Crippen LogP contribution is 2.24. The summed E-state index contributed by atoms with van der Waals surface area (Å²) in [4.78, 5) is 0. The van der Waals surface area contributed by atoms with Gasteiger partial charge in [-0.25, -0.2) is 0 Å². The Morgan fingerprint density at radius 1 is 0.962 bits per heavy atom. The largest absolute Gasteiger partial charge is 0.485 e. The van der Waals surface area contributed by atoms with Crippen LogP contribution >= 0.6 is 11.8 Å². The van der Waals surface area contributed by atoms with Gasteiger partial charge in [-0.05, 0) is 44.9 Å². The Morgan fingerprint density at radius 2 is 1.69 bits per heavy atom. The van der Waals surface area contributed by atoms with Crippen LogP contribution in [0.4, 0.5) is 0 Å². The first-order chi connectivity index (χ1) is 12.6. The summed E-state index contributed by atoms with van der Waals surface area (Å²) in [7, 11) is 0. The van der Waals surface area contributed by atoms with E-state index >= 15 is 0 Å². The molecule has 0 saturated heterocycles. The van der Waals surface area contributed by atoms with Crippen LogP contribution in [-0.2, 0) is 18.9 Å². The predicted octanol–water partition coefficient (Wildman–Crippen LogP) is 5.09. The molecule has 0 radical (unpaired) electrons. The SMILES string of the molecule is CCn1c(COc2ccc(C)cc2C)nnc1SCc1ccc(C)cc1. The molecule has 5 heteroatoms. The monoisotopic (exact) mass is 367 g/mol. The lowest BCUT2D eigenvalue weighted by Gasteiger charge is -2.11. The summed E-state index contributed by atoms with van der Waals surface area (Å²) in [5.74, 6) is 2.64. The molecule has 0 bridgehead atoms. The van der Waals surface area contributed by atoms with Gasteiger partial charge in [0.15, 0.2) is 11.0 Å². The summed E-state index contributed by atoms with van der Waals surface area (Å²) in [6, 6.07) is 14.8. The zero-order valence-corrected chi connectivity index (χ0v) is 16.6. The Labute approximate surface area is 159 Å². The highest BCUT2D eigenvalue weighted by molar-refractivity contribution is 7.98. The summed E-state index contributed by atoms with van der Waals surface area (Å²) in [5.41, 5.74) is 4.95. The molecule has 4 nitrogen and oxygen atoms in total. The molecule has 136 valence electrons. The van der Waals surface area contributed by atoms with Gasteiger partial charge in [-0.15, -0.1) is 10.2 Å². The Balaban J connectivity index is 1.66. The Bertz CT molecular complexity index is 871. The van der Waals surface area contributed by atoms with Gasteiger partial charge < -0.3 is 9.30 Å². The van der Waals surface area contributed by atoms with Crippen LogP contribution in [0.3, 0.4) is 0 Å². The maximum absolute atomic E-state index is 5.98. The summed E-state index contributed by atoms with van der Waals surface area (Å²) < 4.78 is 8.10. The van der Waals surface area contributed by atoms with Crippen LogP contribution in [-0.4, -0.2) is 14.8 Å². The van der Waals surface area contributed by atoms with Gasteiger partial charge in [0.25, 0.3) is 0 Å². The molecular formula is C21H25N3OS. The van der Waals surface area contributed by atoms with Crippen LogP contribution in [0, 0.1) is 20.8 Å². The standard InChI is InChI=1S/C21H25N3OS/c1-5-24-20(13-25-19-11-8-16(3)12-17(19)4)22-23-21(24)26-14-18-9-6-15(2)7-10-18/h6-12H,5,13-14H2,1-4H3. The maximum atomic E-state index is 5.98. The van der Waals surface area contributed by atoms with Gasteiger partial charge in [0.2, 0.25) is 0 Å². The highest BCUT2D eigenvalue weighted by Gasteiger charge is 2.12. The summed E-state index contributed by atoms with van der Waals surface area (Å²) in [5, 5.41) is 9.64. The molecule has 0 spiro atoms. The van der Waals surface area contributed by atoms with Crippen molar-refractivity contribution in [3.8, 4) is 5.75 Å². The van der Waals surface area contributed by atoms with Crippen molar-refractivity contribution in [3.05, 3.63) is 70.5 Å². The van der Waals surface area contributed by atoms with E-state index < -0.39 is 0 Å². The van der Waals surface area contributed by atoms with Crippen molar-refractivity contribution in [3.63, 3.8) is 0 Å². The molecule has 3 aromatic rings. The third kappa shape index (κ3) is 4.47. The van der Waals surface area contributed by atoms with Crippen LogP contribution in [0.5, 0.6) is 5.75 Å². The van der Waals surface area contributed by atoms with Crippen molar-refractivity contribution in [2.45, 2.75) is 51.8 Å². The van der Waals surface area contributed by atoms with Crippen LogP contribution in [0.25, 0.3) is 0 Å². The van der Waals surface area contributed by atoms with Gasteiger partial charge in [0.1, 0.15) is 12.4 Å². The number of ether oxygens (including phenoxy) is 1. The minimum Gasteiger partial charge on any atom is -0.485 e. The number of nitrogens with zero attached hydrogens (tertiary/aromatic N) is 3. The Morgan fingerprint density at radius 3 is 2.38 bits per heavy atom. The number of hydrogen-bond donors (Lipinski definition) is 0. The third-order valence-electron chi connectivity index (χ3n) is 4.29. The first kappa shape index (κ1) is 18.5. The maximum Gasteiger partial charge on any atom is 0.191 e. The molecule has 0 aliphatic heterocycles. The van der Waals surface area contributed by atoms with Crippen molar-refractivity contribution in [1.82, 2.24) is 14.8 Å². The number of rotatable bonds is 7. The topological polar surface area (TPSA) is 39.9 Å². The van der Waals surface area contributed by atoms with Crippen molar-refractivity contribution in [1.29, 1.82) is 0 Å². The van der Waals surface area contributed by atoms with Gasteiger partial charge in [0, 0.05) is 12.3 Å². The fourth-order valence-corrected chi connectivity index (χ4v) is 3.76. The average molecular weight is 368 g/mol. The molecule has 0 fully saturated rings. The van der Waals surface area contributed by atoms with Gasteiger partial charge >= 0.3 is 0 Å². The van der Waals surface area contributed by atoms with Crippen LogP contribution < -0.4 is 4.74 Å². The lowest BCUT2D eigenvalue weighted by atomic mass is 10.1. The molecule has 0 unspecified atom stereocenters. The average Bonchev–Trinajstić information content (AvgIpc) is 3.02. The van der Waals surface area contributed by atoms with E-state index in [1.165, 1.54) is 16.7 Å². The van der Waals surface area contributed by atoms with Crippen LogP contribution in [0.1, 0.15) is 35.0 Å². The van der Waals surface area contributed by atoms with Gasteiger partial charge in [-0.2, -0.15) is 0 Å². The second kappa shape index (κ2) is 8.41. The molecule has 0 N–H and O–H groups in total. The van der Waals surface area contributed by atoms with E-state index in [9.17, 15) is 0 Å². The second-order valence-corrected chi connectivity index (χ2v) is 7.42. The van der Waals surface area contributed by atoms with Crippen molar-refractivity contribution < 1.29 is 4.74 Å². The third-order valence-corrected chi connectivity index (χ3v) is 5.32.